The molecule has 0 unspecified atom stereocenters. The molecule has 0 aliphatic carbocycles. The van der Waals surface area contributed by atoms with Gasteiger partial charge in [0.15, 0.2) is 23.1 Å². The summed E-state index contributed by atoms with van der Waals surface area (Å²) in [6, 6.07) is 13.1. The van der Waals surface area contributed by atoms with Crippen LogP contribution < -0.4 is 18.9 Å². The quantitative estimate of drug-likeness (QED) is 0.190. The standard InChI is InChI=1S/C30H31Cl2FN4O5S/c1-36-12-14-37(15-13-36)11-4-16-41-28-19-24-21(18-27(28)40-2)25(9-10-34-24)42-26-8-7-20(17-23(26)33)35-43(38,39)29-6-3-5-22(31)30(29)32/h3,5-10,17-19,35H,4,11-16H2,1-2H3. The molecule has 1 aliphatic heterocycles. The highest BCUT2D eigenvalue weighted by atomic mass is 35.5. The van der Waals surface area contributed by atoms with Gasteiger partial charge in [-0.1, -0.05) is 29.3 Å². The Labute approximate surface area is 260 Å². The van der Waals surface area contributed by atoms with Crippen molar-refractivity contribution in [1.29, 1.82) is 0 Å². The van der Waals surface area contributed by atoms with Gasteiger partial charge in [0.1, 0.15) is 10.6 Å². The zero-order valence-corrected chi connectivity index (χ0v) is 26.0. The van der Waals surface area contributed by atoms with Crippen molar-refractivity contribution in [2.45, 2.75) is 11.3 Å². The third-order valence-corrected chi connectivity index (χ3v) is 9.42. The second kappa shape index (κ2) is 13.5. The van der Waals surface area contributed by atoms with Crippen molar-refractivity contribution in [1.82, 2.24) is 14.8 Å². The minimum absolute atomic E-state index is 0.0171. The van der Waals surface area contributed by atoms with E-state index in [2.05, 4.69) is 26.6 Å². The second-order valence-corrected chi connectivity index (χ2v) is 12.5. The fraction of sp³-hybridized carbons (Fsp3) is 0.300. The molecule has 1 aliphatic rings. The summed E-state index contributed by atoms with van der Waals surface area (Å²) >= 11 is 12.0. The Bertz CT molecular complexity index is 1720. The Hall–Kier alpha value is -3.35. The van der Waals surface area contributed by atoms with Gasteiger partial charge in [-0.3, -0.25) is 9.71 Å². The van der Waals surface area contributed by atoms with Crippen LogP contribution in [0.15, 0.2) is 65.7 Å². The van der Waals surface area contributed by atoms with Gasteiger partial charge in [-0.2, -0.15) is 0 Å². The lowest BCUT2D eigenvalue weighted by atomic mass is 10.1. The van der Waals surface area contributed by atoms with Crippen molar-refractivity contribution in [3.8, 4) is 23.0 Å². The van der Waals surface area contributed by atoms with Gasteiger partial charge in [0.05, 0.1) is 35.0 Å². The van der Waals surface area contributed by atoms with Gasteiger partial charge in [0.2, 0.25) is 0 Å². The Morgan fingerprint density at radius 1 is 0.977 bits per heavy atom. The minimum Gasteiger partial charge on any atom is -0.493 e. The number of nitrogens with one attached hydrogen (secondary N) is 1. The second-order valence-electron chi connectivity index (χ2n) is 10.1. The number of hydrogen-bond acceptors (Lipinski definition) is 8. The monoisotopic (exact) mass is 648 g/mol. The van der Waals surface area contributed by atoms with Crippen LogP contribution >= 0.6 is 23.2 Å². The highest BCUT2D eigenvalue weighted by Gasteiger charge is 2.21. The Kier molecular flexibility index (Phi) is 9.78. The van der Waals surface area contributed by atoms with Crippen molar-refractivity contribution in [2.75, 3.05) is 58.2 Å². The number of fused-ring (bicyclic) bond motifs is 1. The van der Waals surface area contributed by atoms with Crippen LogP contribution in [0.4, 0.5) is 10.1 Å². The van der Waals surface area contributed by atoms with E-state index < -0.39 is 15.8 Å². The molecule has 9 nitrogen and oxygen atoms in total. The van der Waals surface area contributed by atoms with Crippen molar-refractivity contribution >= 4 is 49.8 Å². The molecule has 0 saturated carbocycles. The average Bonchev–Trinajstić information content (AvgIpc) is 2.98. The maximum atomic E-state index is 15.1. The molecule has 0 atom stereocenters. The number of pyridine rings is 1. The lowest BCUT2D eigenvalue weighted by Crippen LogP contribution is -2.44. The number of benzene rings is 3. The molecule has 3 aromatic carbocycles. The van der Waals surface area contributed by atoms with E-state index in [9.17, 15) is 8.42 Å². The number of halogens is 3. The van der Waals surface area contributed by atoms with Gasteiger partial charge in [-0.15, -0.1) is 0 Å². The number of hydrogen-bond donors (Lipinski definition) is 1. The summed E-state index contributed by atoms with van der Waals surface area (Å²) in [5.74, 6) is 0.493. The molecule has 4 aromatic rings. The smallest absolute Gasteiger partial charge is 0.263 e. The Balaban J connectivity index is 1.28. The maximum absolute atomic E-state index is 15.1. The molecule has 0 spiro atoms. The van der Waals surface area contributed by atoms with Crippen LogP contribution in [-0.4, -0.2) is 76.7 Å². The molecule has 2 heterocycles. The summed E-state index contributed by atoms with van der Waals surface area (Å²) in [5, 5.41) is 0.542. The normalized spacial score (nSPS) is 14.5. The van der Waals surface area contributed by atoms with Crippen LogP contribution in [-0.2, 0) is 10.0 Å². The zero-order chi connectivity index (χ0) is 30.6. The van der Waals surface area contributed by atoms with E-state index in [0.717, 1.165) is 45.2 Å². The first-order valence-electron chi connectivity index (χ1n) is 13.6. The van der Waals surface area contributed by atoms with Crippen LogP contribution in [0.2, 0.25) is 10.0 Å². The van der Waals surface area contributed by atoms with Gasteiger partial charge in [-0.05, 0) is 49.9 Å². The third kappa shape index (κ3) is 7.42. The number of rotatable bonds is 11. The van der Waals surface area contributed by atoms with Crippen LogP contribution in [0.1, 0.15) is 6.42 Å². The molecule has 0 radical (unpaired) electrons. The van der Waals surface area contributed by atoms with Crippen molar-refractivity contribution < 1.29 is 27.0 Å². The van der Waals surface area contributed by atoms with E-state index in [1.54, 1.807) is 31.5 Å². The van der Waals surface area contributed by atoms with Crippen LogP contribution in [0.5, 0.6) is 23.0 Å². The van der Waals surface area contributed by atoms with E-state index >= 15 is 4.39 Å². The topological polar surface area (TPSA) is 93.2 Å². The highest BCUT2D eigenvalue weighted by molar-refractivity contribution is 7.92. The third-order valence-electron chi connectivity index (χ3n) is 7.07. The number of methoxy groups -OCH3 is 1. The largest absolute Gasteiger partial charge is 0.493 e. The number of piperazine rings is 1. The number of nitrogens with zero attached hydrogens (tertiary/aromatic N) is 3. The van der Waals surface area contributed by atoms with E-state index in [4.69, 9.17) is 37.4 Å². The van der Waals surface area contributed by atoms with Crippen LogP contribution in [0, 0.1) is 5.82 Å². The maximum Gasteiger partial charge on any atom is 0.263 e. The Morgan fingerprint density at radius 3 is 2.51 bits per heavy atom. The molecule has 1 N–H and O–H groups in total. The van der Waals surface area contributed by atoms with E-state index in [1.807, 2.05) is 0 Å². The highest BCUT2D eigenvalue weighted by Crippen LogP contribution is 2.38. The lowest BCUT2D eigenvalue weighted by molar-refractivity contribution is 0.145. The first-order valence-corrected chi connectivity index (χ1v) is 15.8. The zero-order valence-electron chi connectivity index (χ0n) is 23.6. The van der Waals surface area contributed by atoms with E-state index in [0.29, 0.717) is 34.8 Å². The summed E-state index contributed by atoms with van der Waals surface area (Å²) < 4.78 is 60.6. The summed E-state index contributed by atoms with van der Waals surface area (Å²) in [5.41, 5.74) is 0.562. The molecular formula is C30H31Cl2FN4O5S. The van der Waals surface area contributed by atoms with E-state index in [1.165, 1.54) is 30.3 Å². The van der Waals surface area contributed by atoms with Gasteiger partial charge < -0.3 is 24.0 Å². The van der Waals surface area contributed by atoms with Crippen molar-refractivity contribution in [2.24, 2.45) is 0 Å². The molecule has 43 heavy (non-hydrogen) atoms. The number of aromatic nitrogens is 1. The molecular weight excluding hydrogens is 618 g/mol. The Morgan fingerprint density at radius 2 is 1.77 bits per heavy atom. The predicted octanol–water partition coefficient (Wildman–Crippen LogP) is 6.30. The van der Waals surface area contributed by atoms with Crippen molar-refractivity contribution in [3.05, 3.63) is 76.7 Å². The van der Waals surface area contributed by atoms with Crippen molar-refractivity contribution in [3.63, 3.8) is 0 Å². The lowest BCUT2D eigenvalue weighted by Gasteiger charge is -2.32. The van der Waals surface area contributed by atoms with Gasteiger partial charge in [-0.25, -0.2) is 12.8 Å². The van der Waals surface area contributed by atoms with Crippen LogP contribution in [0.25, 0.3) is 10.9 Å². The first-order chi connectivity index (χ1) is 20.6. The summed E-state index contributed by atoms with van der Waals surface area (Å²) in [6.45, 7) is 5.73. The molecule has 0 bridgehead atoms. The number of anilines is 1. The number of sulfonamides is 1. The fourth-order valence-corrected chi connectivity index (χ4v) is 6.51. The average molecular weight is 650 g/mol. The molecule has 1 fully saturated rings. The molecule has 5 rings (SSSR count). The molecule has 228 valence electrons. The molecule has 1 saturated heterocycles. The van der Waals surface area contributed by atoms with Crippen LogP contribution in [0.3, 0.4) is 0 Å². The SMILES string of the molecule is COc1cc2c(Oc3ccc(NS(=O)(=O)c4cccc(Cl)c4Cl)cc3F)ccnc2cc1OCCCN1CCN(C)CC1. The molecule has 1 aromatic heterocycles. The minimum atomic E-state index is -4.12. The molecule has 13 heteroatoms. The fourth-order valence-electron chi connectivity index (χ4n) is 4.70. The first kappa shape index (κ1) is 31.1. The van der Waals surface area contributed by atoms with E-state index in [-0.39, 0.29) is 26.4 Å². The van der Waals surface area contributed by atoms with Gasteiger partial charge in [0, 0.05) is 56.4 Å². The number of likely N-dealkylation sites (N-methyl/N-ethyl adjacent to an activating group) is 1. The summed E-state index contributed by atoms with van der Waals surface area (Å²) in [7, 11) is -0.441. The summed E-state index contributed by atoms with van der Waals surface area (Å²) in [4.78, 5) is 8.96. The summed E-state index contributed by atoms with van der Waals surface area (Å²) in [6.07, 6.45) is 2.43. The van der Waals surface area contributed by atoms with Gasteiger partial charge in [0.25, 0.3) is 10.0 Å². The number of ether oxygens (including phenoxy) is 3. The van der Waals surface area contributed by atoms with Gasteiger partial charge >= 0.3 is 0 Å². The molecule has 0 amide bonds. The predicted molar refractivity (Wildman–Crippen MR) is 166 cm³/mol.